The summed E-state index contributed by atoms with van der Waals surface area (Å²) in [6, 6.07) is 0. The third-order valence-corrected chi connectivity index (χ3v) is 2.83. The number of allylic oxidation sites excluding steroid dienone is 1. The van der Waals surface area contributed by atoms with Crippen molar-refractivity contribution in [1.29, 1.82) is 0 Å². The van der Waals surface area contributed by atoms with Gasteiger partial charge in [-0.1, -0.05) is 6.58 Å². The number of carbonyl (C=O) groups is 1. The Morgan fingerprint density at radius 3 is 2.71 bits per heavy atom. The first kappa shape index (κ1) is 14.0. The molecule has 0 unspecified atom stereocenters. The van der Waals surface area contributed by atoms with Crippen molar-refractivity contribution in [3.63, 3.8) is 0 Å². The fourth-order valence-electron chi connectivity index (χ4n) is 1.83. The van der Waals surface area contributed by atoms with Gasteiger partial charge in [0.25, 0.3) is 0 Å². The maximum atomic E-state index is 11.4. The first-order chi connectivity index (χ1) is 8.18. The molecule has 1 rings (SSSR count). The lowest BCUT2D eigenvalue weighted by Crippen LogP contribution is -2.46. The van der Waals surface area contributed by atoms with Crippen molar-refractivity contribution in [3.8, 4) is 0 Å². The van der Waals surface area contributed by atoms with Gasteiger partial charge in [-0.3, -0.25) is 9.69 Å². The Labute approximate surface area is 103 Å². The number of piperazine rings is 1. The van der Waals surface area contributed by atoms with Crippen LogP contribution in [-0.4, -0.2) is 55.2 Å². The van der Waals surface area contributed by atoms with Gasteiger partial charge in [0.2, 0.25) is 5.91 Å². The minimum Gasteiger partial charge on any atom is -0.513 e. The first-order valence-corrected chi connectivity index (χ1v) is 6.25. The van der Waals surface area contributed by atoms with E-state index in [4.69, 9.17) is 5.11 Å². The first-order valence-electron chi connectivity index (χ1n) is 6.25. The van der Waals surface area contributed by atoms with Gasteiger partial charge in [-0.15, -0.1) is 0 Å². The second-order valence-corrected chi connectivity index (χ2v) is 4.36. The molecular formula is C12H23N3O2. The molecule has 0 atom stereocenters. The minimum atomic E-state index is 0.0568. The molecule has 1 aliphatic heterocycles. The summed E-state index contributed by atoms with van der Waals surface area (Å²) in [4.78, 5) is 13.8. The lowest BCUT2D eigenvalue weighted by atomic mass is 10.2. The molecule has 0 aromatic rings. The zero-order chi connectivity index (χ0) is 12.5. The molecule has 1 aliphatic rings. The van der Waals surface area contributed by atoms with E-state index in [9.17, 15) is 4.79 Å². The summed E-state index contributed by atoms with van der Waals surface area (Å²) in [5.74, 6) is 0.208. The fraction of sp³-hybridized carbons (Fsp3) is 0.750. The van der Waals surface area contributed by atoms with Crippen LogP contribution in [0.3, 0.4) is 0 Å². The highest BCUT2D eigenvalue weighted by Crippen LogP contribution is 2.01. The number of nitrogens with zero attached hydrogens (tertiary/aromatic N) is 1. The molecule has 0 bridgehead atoms. The molecule has 5 heteroatoms. The van der Waals surface area contributed by atoms with Gasteiger partial charge in [-0.2, -0.15) is 0 Å². The molecule has 0 aliphatic carbocycles. The highest BCUT2D eigenvalue weighted by atomic mass is 16.3. The molecule has 0 saturated carbocycles. The van der Waals surface area contributed by atoms with Crippen LogP contribution >= 0.6 is 0 Å². The highest BCUT2D eigenvalue weighted by molar-refractivity contribution is 5.75. The van der Waals surface area contributed by atoms with Crippen molar-refractivity contribution in [2.45, 2.75) is 19.3 Å². The van der Waals surface area contributed by atoms with Crippen molar-refractivity contribution < 1.29 is 9.90 Å². The van der Waals surface area contributed by atoms with Crippen molar-refractivity contribution >= 4 is 5.91 Å². The maximum absolute atomic E-state index is 11.4. The Bertz CT molecular complexity index is 250. The Morgan fingerprint density at radius 2 is 2.06 bits per heavy atom. The molecule has 0 aromatic heterocycles. The third kappa shape index (κ3) is 6.97. The zero-order valence-electron chi connectivity index (χ0n) is 10.4. The predicted molar refractivity (Wildman–Crippen MR) is 67.9 cm³/mol. The summed E-state index contributed by atoms with van der Waals surface area (Å²) in [5, 5.41) is 15.1. The number of rotatable bonds is 7. The van der Waals surface area contributed by atoms with Gasteiger partial charge in [-0.05, 0) is 6.42 Å². The summed E-state index contributed by atoms with van der Waals surface area (Å²) < 4.78 is 0. The van der Waals surface area contributed by atoms with Crippen LogP contribution < -0.4 is 10.6 Å². The van der Waals surface area contributed by atoms with E-state index in [0.717, 1.165) is 32.7 Å². The van der Waals surface area contributed by atoms with Crippen LogP contribution in [0.4, 0.5) is 0 Å². The van der Waals surface area contributed by atoms with Crippen LogP contribution in [0.2, 0.25) is 0 Å². The standard InChI is InChI=1S/C12H23N3O2/c1-11(16)3-2-4-12(17)14-7-10-15-8-5-13-6-9-15/h13,16H,1-10H2,(H,14,17). The second-order valence-electron chi connectivity index (χ2n) is 4.36. The zero-order valence-corrected chi connectivity index (χ0v) is 10.4. The average Bonchev–Trinajstić information content (AvgIpc) is 2.30. The molecule has 3 N–H and O–H groups in total. The molecule has 0 aromatic carbocycles. The Hall–Kier alpha value is -1.07. The number of hydrogen-bond acceptors (Lipinski definition) is 4. The van der Waals surface area contributed by atoms with Gasteiger partial charge in [0.15, 0.2) is 0 Å². The average molecular weight is 241 g/mol. The SMILES string of the molecule is C=C(O)CCCC(=O)NCCN1CCNCC1. The fourth-order valence-corrected chi connectivity index (χ4v) is 1.83. The van der Waals surface area contributed by atoms with Crippen LogP contribution in [-0.2, 0) is 4.79 Å². The number of aliphatic hydroxyl groups is 1. The molecule has 1 saturated heterocycles. The molecule has 0 spiro atoms. The van der Waals surface area contributed by atoms with Crippen LogP contribution in [0.25, 0.3) is 0 Å². The third-order valence-electron chi connectivity index (χ3n) is 2.83. The van der Waals surface area contributed by atoms with Gasteiger partial charge in [0.1, 0.15) is 0 Å². The number of hydrogen-bond donors (Lipinski definition) is 3. The summed E-state index contributed by atoms with van der Waals surface area (Å²) in [6.45, 7) is 9.19. The number of nitrogens with one attached hydrogen (secondary N) is 2. The summed E-state index contributed by atoms with van der Waals surface area (Å²) in [5.41, 5.74) is 0. The summed E-state index contributed by atoms with van der Waals surface area (Å²) >= 11 is 0. The lowest BCUT2D eigenvalue weighted by molar-refractivity contribution is -0.121. The maximum Gasteiger partial charge on any atom is 0.220 e. The quantitative estimate of drug-likeness (QED) is 0.559. The summed E-state index contributed by atoms with van der Waals surface area (Å²) in [6.07, 6.45) is 1.63. The smallest absolute Gasteiger partial charge is 0.220 e. The van der Waals surface area contributed by atoms with Gasteiger partial charge >= 0.3 is 0 Å². The van der Waals surface area contributed by atoms with E-state index >= 15 is 0 Å². The van der Waals surface area contributed by atoms with Crippen LogP contribution in [0.1, 0.15) is 19.3 Å². The van der Waals surface area contributed by atoms with E-state index in [1.807, 2.05) is 0 Å². The van der Waals surface area contributed by atoms with E-state index in [1.54, 1.807) is 0 Å². The van der Waals surface area contributed by atoms with Crippen molar-refractivity contribution in [1.82, 2.24) is 15.5 Å². The molecule has 0 radical (unpaired) electrons. The predicted octanol–water partition coefficient (Wildman–Crippen LogP) is 0.250. The Morgan fingerprint density at radius 1 is 1.35 bits per heavy atom. The van der Waals surface area contributed by atoms with Crippen LogP contribution in [0.15, 0.2) is 12.3 Å². The van der Waals surface area contributed by atoms with E-state index in [2.05, 4.69) is 22.1 Å². The second kappa shape index (κ2) is 8.08. The van der Waals surface area contributed by atoms with Crippen LogP contribution in [0, 0.1) is 0 Å². The Kier molecular flexibility index (Phi) is 6.65. The minimum absolute atomic E-state index is 0.0568. The van der Waals surface area contributed by atoms with Crippen molar-refractivity contribution in [3.05, 3.63) is 12.3 Å². The Balaban J connectivity index is 1.97. The molecule has 17 heavy (non-hydrogen) atoms. The van der Waals surface area contributed by atoms with Gasteiger partial charge < -0.3 is 15.7 Å². The normalized spacial score (nSPS) is 16.7. The van der Waals surface area contributed by atoms with Gasteiger partial charge in [-0.25, -0.2) is 0 Å². The molecule has 1 amide bonds. The molecule has 5 nitrogen and oxygen atoms in total. The largest absolute Gasteiger partial charge is 0.513 e. The van der Waals surface area contributed by atoms with E-state index < -0.39 is 0 Å². The highest BCUT2D eigenvalue weighted by Gasteiger charge is 2.09. The van der Waals surface area contributed by atoms with E-state index in [1.165, 1.54) is 0 Å². The number of amides is 1. The van der Waals surface area contributed by atoms with Crippen LogP contribution in [0.5, 0.6) is 0 Å². The number of carbonyl (C=O) groups excluding carboxylic acids is 1. The molecule has 98 valence electrons. The molecule has 1 heterocycles. The van der Waals surface area contributed by atoms with Crippen molar-refractivity contribution in [2.24, 2.45) is 0 Å². The lowest BCUT2D eigenvalue weighted by Gasteiger charge is -2.27. The monoisotopic (exact) mass is 241 g/mol. The van der Waals surface area contributed by atoms with Gasteiger partial charge in [0, 0.05) is 52.1 Å². The van der Waals surface area contributed by atoms with Crippen molar-refractivity contribution in [2.75, 3.05) is 39.3 Å². The van der Waals surface area contributed by atoms with Gasteiger partial charge in [0.05, 0.1) is 5.76 Å². The molecular weight excluding hydrogens is 218 g/mol. The van der Waals surface area contributed by atoms with E-state index in [0.29, 0.717) is 25.8 Å². The number of aliphatic hydroxyl groups excluding tert-OH is 1. The topological polar surface area (TPSA) is 64.6 Å². The summed E-state index contributed by atoms with van der Waals surface area (Å²) in [7, 11) is 0. The molecule has 1 fully saturated rings. The van der Waals surface area contributed by atoms with E-state index in [-0.39, 0.29) is 11.7 Å².